The van der Waals surface area contributed by atoms with Crippen LogP contribution >= 0.6 is 0 Å². The molecule has 2 nitrogen and oxygen atoms in total. The molecule has 0 bridgehead atoms. The summed E-state index contributed by atoms with van der Waals surface area (Å²) in [6, 6.07) is 2.14. The summed E-state index contributed by atoms with van der Waals surface area (Å²) in [5.74, 6) is 2.02. The van der Waals surface area contributed by atoms with Crippen LogP contribution < -0.4 is 4.90 Å². The first-order chi connectivity index (χ1) is 7.22. The SMILES string of the molecule is CCc1ccnc(N2CCC(C)C2)c1C. The zero-order valence-electron chi connectivity index (χ0n) is 9.95. The van der Waals surface area contributed by atoms with Crippen LogP contribution in [0.25, 0.3) is 0 Å². The summed E-state index contributed by atoms with van der Waals surface area (Å²) in [6.07, 6.45) is 4.35. The Hall–Kier alpha value is -1.05. The lowest BCUT2D eigenvalue weighted by Crippen LogP contribution is -2.21. The van der Waals surface area contributed by atoms with Crippen LogP contribution in [0.1, 0.15) is 31.4 Å². The van der Waals surface area contributed by atoms with Gasteiger partial charge in [0, 0.05) is 19.3 Å². The van der Waals surface area contributed by atoms with Gasteiger partial charge in [0.2, 0.25) is 0 Å². The topological polar surface area (TPSA) is 16.1 Å². The first kappa shape index (κ1) is 10.5. The van der Waals surface area contributed by atoms with Gasteiger partial charge >= 0.3 is 0 Å². The highest BCUT2D eigenvalue weighted by molar-refractivity contribution is 5.50. The first-order valence-corrected chi connectivity index (χ1v) is 5.91. The quantitative estimate of drug-likeness (QED) is 0.736. The van der Waals surface area contributed by atoms with Gasteiger partial charge in [-0.2, -0.15) is 0 Å². The van der Waals surface area contributed by atoms with Crippen LogP contribution in [0.15, 0.2) is 12.3 Å². The number of pyridine rings is 1. The number of aryl methyl sites for hydroxylation is 1. The van der Waals surface area contributed by atoms with Crippen LogP contribution in [0.3, 0.4) is 0 Å². The molecular formula is C13H20N2. The maximum atomic E-state index is 4.53. The van der Waals surface area contributed by atoms with Crippen molar-refractivity contribution in [2.24, 2.45) is 5.92 Å². The highest BCUT2D eigenvalue weighted by Crippen LogP contribution is 2.26. The largest absolute Gasteiger partial charge is 0.356 e. The minimum atomic E-state index is 0.816. The van der Waals surface area contributed by atoms with Crippen LogP contribution in [0, 0.1) is 12.8 Å². The molecule has 15 heavy (non-hydrogen) atoms. The smallest absolute Gasteiger partial charge is 0.131 e. The zero-order valence-corrected chi connectivity index (χ0v) is 9.95. The van der Waals surface area contributed by atoms with Crippen molar-refractivity contribution in [2.75, 3.05) is 18.0 Å². The lowest BCUT2D eigenvalue weighted by Gasteiger charge is -2.20. The molecule has 1 aromatic rings. The monoisotopic (exact) mass is 204 g/mol. The molecule has 0 radical (unpaired) electrons. The lowest BCUT2D eigenvalue weighted by molar-refractivity contribution is 0.658. The van der Waals surface area contributed by atoms with Crippen molar-refractivity contribution in [3.8, 4) is 0 Å². The minimum Gasteiger partial charge on any atom is -0.356 e. The summed E-state index contributed by atoms with van der Waals surface area (Å²) >= 11 is 0. The fourth-order valence-corrected chi connectivity index (χ4v) is 2.39. The molecule has 1 unspecified atom stereocenters. The van der Waals surface area contributed by atoms with Crippen molar-refractivity contribution in [1.29, 1.82) is 0 Å². The van der Waals surface area contributed by atoms with Gasteiger partial charge in [-0.1, -0.05) is 13.8 Å². The number of anilines is 1. The number of aromatic nitrogens is 1. The Balaban J connectivity index is 2.28. The van der Waals surface area contributed by atoms with Gasteiger partial charge in [-0.15, -0.1) is 0 Å². The summed E-state index contributed by atoms with van der Waals surface area (Å²) in [6.45, 7) is 9.06. The highest BCUT2D eigenvalue weighted by atomic mass is 15.2. The lowest BCUT2D eigenvalue weighted by atomic mass is 10.1. The summed E-state index contributed by atoms with van der Waals surface area (Å²) < 4.78 is 0. The molecule has 0 spiro atoms. The molecule has 1 fully saturated rings. The van der Waals surface area contributed by atoms with Crippen LogP contribution in [-0.4, -0.2) is 18.1 Å². The molecule has 0 aromatic carbocycles. The van der Waals surface area contributed by atoms with E-state index in [1.165, 1.54) is 36.5 Å². The van der Waals surface area contributed by atoms with Crippen molar-refractivity contribution in [1.82, 2.24) is 4.98 Å². The molecule has 2 heterocycles. The molecule has 0 aliphatic carbocycles. The second-order valence-electron chi connectivity index (χ2n) is 4.61. The predicted molar refractivity (Wildman–Crippen MR) is 64.3 cm³/mol. The summed E-state index contributed by atoms with van der Waals surface area (Å²) in [5, 5.41) is 0. The maximum absolute atomic E-state index is 4.53. The van der Waals surface area contributed by atoms with Gasteiger partial charge in [0.1, 0.15) is 5.82 Å². The van der Waals surface area contributed by atoms with Crippen molar-refractivity contribution >= 4 is 5.82 Å². The number of hydrogen-bond donors (Lipinski definition) is 0. The van der Waals surface area contributed by atoms with Crippen LogP contribution in [-0.2, 0) is 6.42 Å². The molecular weight excluding hydrogens is 184 g/mol. The van der Waals surface area contributed by atoms with E-state index in [9.17, 15) is 0 Å². The van der Waals surface area contributed by atoms with Crippen LogP contribution in [0.5, 0.6) is 0 Å². The second kappa shape index (κ2) is 4.21. The molecule has 2 heteroatoms. The Morgan fingerprint density at radius 1 is 1.53 bits per heavy atom. The van der Waals surface area contributed by atoms with Crippen LogP contribution in [0.4, 0.5) is 5.82 Å². The predicted octanol–water partition coefficient (Wildman–Crippen LogP) is 2.80. The van der Waals surface area contributed by atoms with Crippen molar-refractivity contribution in [2.45, 2.75) is 33.6 Å². The molecule has 1 aliphatic heterocycles. The van der Waals surface area contributed by atoms with E-state index in [0.29, 0.717) is 0 Å². The summed E-state index contributed by atoms with van der Waals surface area (Å²) in [5.41, 5.74) is 2.80. The molecule has 0 amide bonds. The fourth-order valence-electron chi connectivity index (χ4n) is 2.39. The van der Waals surface area contributed by atoms with Gasteiger partial charge in [0.25, 0.3) is 0 Å². The van der Waals surface area contributed by atoms with Gasteiger partial charge < -0.3 is 4.90 Å². The Morgan fingerprint density at radius 3 is 2.93 bits per heavy atom. The third-order valence-corrected chi connectivity index (χ3v) is 3.39. The van der Waals surface area contributed by atoms with Crippen molar-refractivity contribution in [3.05, 3.63) is 23.4 Å². The maximum Gasteiger partial charge on any atom is 0.131 e. The van der Waals surface area contributed by atoms with Gasteiger partial charge in [-0.05, 0) is 42.9 Å². The van der Waals surface area contributed by atoms with E-state index in [-0.39, 0.29) is 0 Å². The molecule has 1 saturated heterocycles. The minimum absolute atomic E-state index is 0.816. The number of hydrogen-bond acceptors (Lipinski definition) is 2. The summed E-state index contributed by atoms with van der Waals surface area (Å²) in [4.78, 5) is 6.96. The normalized spacial score (nSPS) is 21.0. The van der Waals surface area contributed by atoms with E-state index in [1.807, 2.05) is 6.20 Å². The molecule has 2 rings (SSSR count). The number of rotatable bonds is 2. The van der Waals surface area contributed by atoms with E-state index in [2.05, 4.69) is 36.7 Å². The van der Waals surface area contributed by atoms with E-state index in [1.54, 1.807) is 0 Å². The molecule has 1 aliphatic rings. The van der Waals surface area contributed by atoms with E-state index < -0.39 is 0 Å². The van der Waals surface area contributed by atoms with E-state index in [0.717, 1.165) is 12.3 Å². The van der Waals surface area contributed by atoms with Gasteiger partial charge in [0.05, 0.1) is 0 Å². The molecule has 1 atom stereocenters. The third-order valence-electron chi connectivity index (χ3n) is 3.39. The molecule has 1 aromatic heterocycles. The zero-order chi connectivity index (χ0) is 10.8. The Bertz CT molecular complexity index is 346. The van der Waals surface area contributed by atoms with Gasteiger partial charge in [-0.3, -0.25) is 0 Å². The Morgan fingerprint density at radius 2 is 2.33 bits per heavy atom. The molecule has 82 valence electrons. The highest BCUT2D eigenvalue weighted by Gasteiger charge is 2.21. The second-order valence-corrected chi connectivity index (χ2v) is 4.61. The average molecular weight is 204 g/mol. The fraction of sp³-hybridized carbons (Fsp3) is 0.615. The third kappa shape index (κ3) is 1.99. The van der Waals surface area contributed by atoms with Crippen molar-refractivity contribution < 1.29 is 0 Å². The average Bonchev–Trinajstić information content (AvgIpc) is 2.65. The molecule has 0 saturated carbocycles. The van der Waals surface area contributed by atoms with E-state index >= 15 is 0 Å². The standard InChI is InChI=1S/C13H20N2/c1-4-12-5-7-14-13(11(12)3)15-8-6-10(2)9-15/h5,7,10H,4,6,8-9H2,1-3H3. The van der Waals surface area contributed by atoms with E-state index in [4.69, 9.17) is 0 Å². The molecule has 0 N–H and O–H groups in total. The van der Waals surface area contributed by atoms with Crippen molar-refractivity contribution in [3.63, 3.8) is 0 Å². The Kier molecular flexibility index (Phi) is 2.94. The Labute approximate surface area is 92.3 Å². The first-order valence-electron chi connectivity index (χ1n) is 5.91. The van der Waals surface area contributed by atoms with Gasteiger partial charge in [-0.25, -0.2) is 4.98 Å². The van der Waals surface area contributed by atoms with Crippen LogP contribution in [0.2, 0.25) is 0 Å². The van der Waals surface area contributed by atoms with Gasteiger partial charge in [0.15, 0.2) is 0 Å². The number of nitrogens with zero attached hydrogens (tertiary/aromatic N) is 2. The summed E-state index contributed by atoms with van der Waals surface area (Å²) in [7, 11) is 0.